The molecule has 164 valence electrons. The van der Waals surface area contributed by atoms with E-state index in [2.05, 4.69) is 29.2 Å². The molecule has 0 bridgehead atoms. The highest BCUT2D eigenvalue weighted by molar-refractivity contribution is 5.78. The number of carbonyl (C=O) groups is 1. The molecule has 0 spiro atoms. The van der Waals surface area contributed by atoms with Crippen molar-refractivity contribution in [2.45, 2.75) is 45.7 Å². The van der Waals surface area contributed by atoms with Gasteiger partial charge in [-0.25, -0.2) is 9.48 Å². The largest absolute Gasteiger partial charge is 0.349 e. The normalized spacial score (nSPS) is 17.2. The topological polar surface area (TPSA) is 84.7 Å². The number of aromatic nitrogens is 4. The number of hydrogen-bond donors (Lipinski definition) is 2. The fourth-order valence-corrected chi connectivity index (χ4v) is 4.77. The number of H-pyrrole nitrogens is 1. The Bertz CT molecular complexity index is 1330. The molecular formula is C25H27N5O2. The number of aromatic amines is 1. The molecule has 2 aromatic heterocycles. The summed E-state index contributed by atoms with van der Waals surface area (Å²) in [6, 6.07) is 17.5. The summed E-state index contributed by atoms with van der Waals surface area (Å²) >= 11 is 0. The van der Waals surface area contributed by atoms with Crippen LogP contribution >= 0.6 is 0 Å². The molecule has 2 N–H and O–H groups in total. The van der Waals surface area contributed by atoms with Crippen LogP contribution in [0.2, 0.25) is 0 Å². The molecule has 4 aromatic rings. The number of carbonyl (C=O) groups excluding carboxylic acids is 1. The van der Waals surface area contributed by atoms with Crippen LogP contribution in [0.15, 0.2) is 65.6 Å². The van der Waals surface area contributed by atoms with Gasteiger partial charge in [0.2, 0.25) is 5.91 Å². The minimum absolute atomic E-state index is 0.0330. The number of aryl methyl sites for hydroxylation is 1. The van der Waals surface area contributed by atoms with Crippen LogP contribution in [0.5, 0.6) is 0 Å². The van der Waals surface area contributed by atoms with E-state index in [4.69, 9.17) is 0 Å². The zero-order valence-corrected chi connectivity index (χ0v) is 18.3. The van der Waals surface area contributed by atoms with Crippen molar-refractivity contribution in [1.29, 1.82) is 0 Å². The van der Waals surface area contributed by atoms with E-state index in [0.29, 0.717) is 6.54 Å². The lowest BCUT2D eigenvalue weighted by molar-refractivity contribution is -0.122. The number of nitrogens with one attached hydrogen (secondary N) is 2. The molecule has 0 saturated heterocycles. The quantitative estimate of drug-likeness (QED) is 0.507. The molecule has 0 unspecified atom stereocenters. The van der Waals surface area contributed by atoms with Crippen LogP contribution in [-0.4, -0.2) is 25.2 Å². The Morgan fingerprint density at radius 1 is 1.16 bits per heavy atom. The number of nitrogens with zero attached hydrogens (tertiary/aromatic N) is 3. The maximum Gasteiger partial charge on any atom is 0.326 e. The number of fused-ring (bicyclic) bond motifs is 2. The van der Waals surface area contributed by atoms with Crippen molar-refractivity contribution in [3.05, 3.63) is 82.5 Å². The third-order valence-corrected chi connectivity index (χ3v) is 6.26. The average molecular weight is 430 g/mol. The maximum absolute atomic E-state index is 12.9. The summed E-state index contributed by atoms with van der Waals surface area (Å²) in [4.78, 5) is 28.0. The molecule has 7 heteroatoms. The second-order valence-corrected chi connectivity index (χ2v) is 9.31. The highest BCUT2D eigenvalue weighted by Gasteiger charge is 2.36. The predicted molar refractivity (Wildman–Crippen MR) is 124 cm³/mol. The minimum atomic E-state index is -0.191. The maximum atomic E-state index is 12.9. The lowest BCUT2D eigenvalue weighted by Gasteiger charge is -2.36. The van der Waals surface area contributed by atoms with Gasteiger partial charge in [0.1, 0.15) is 0 Å². The lowest BCUT2D eigenvalue weighted by atomic mass is 9.74. The van der Waals surface area contributed by atoms with E-state index in [0.717, 1.165) is 40.8 Å². The lowest BCUT2D eigenvalue weighted by Crippen LogP contribution is -2.37. The van der Waals surface area contributed by atoms with E-state index in [1.165, 1.54) is 0 Å². The third-order valence-electron chi connectivity index (χ3n) is 6.26. The van der Waals surface area contributed by atoms with Crippen LogP contribution < -0.4 is 11.0 Å². The van der Waals surface area contributed by atoms with Crippen molar-refractivity contribution in [2.75, 3.05) is 0 Å². The van der Waals surface area contributed by atoms with Crippen molar-refractivity contribution in [1.82, 2.24) is 24.6 Å². The fourth-order valence-electron chi connectivity index (χ4n) is 4.77. The number of hydrogen-bond acceptors (Lipinski definition) is 3. The Morgan fingerprint density at radius 2 is 1.91 bits per heavy atom. The van der Waals surface area contributed by atoms with Gasteiger partial charge in [0.25, 0.3) is 0 Å². The second kappa shape index (κ2) is 7.82. The molecule has 1 amide bonds. The van der Waals surface area contributed by atoms with Crippen LogP contribution in [0, 0.1) is 5.41 Å². The van der Waals surface area contributed by atoms with E-state index in [-0.39, 0.29) is 29.5 Å². The molecule has 32 heavy (non-hydrogen) atoms. The fraction of sp³-hybridized carbons (Fsp3) is 0.320. The molecule has 1 aliphatic carbocycles. The van der Waals surface area contributed by atoms with Crippen LogP contribution in [0.1, 0.15) is 44.0 Å². The Labute approximate surface area is 186 Å². The Morgan fingerprint density at radius 3 is 2.72 bits per heavy atom. The number of para-hydroxylation sites is 3. The van der Waals surface area contributed by atoms with Crippen LogP contribution in [0.25, 0.3) is 16.7 Å². The van der Waals surface area contributed by atoms with Crippen molar-refractivity contribution in [3.8, 4) is 5.69 Å². The third kappa shape index (κ3) is 3.75. The molecule has 0 radical (unpaired) electrons. The summed E-state index contributed by atoms with van der Waals surface area (Å²) in [7, 11) is 0. The second-order valence-electron chi connectivity index (χ2n) is 9.31. The molecule has 7 nitrogen and oxygen atoms in total. The van der Waals surface area contributed by atoms with Gasteiger partial charge in [-0.05, 0) is 42.5 Å². The molecule has 0 saturated carbocycles. The van der Waals surface area contributed by atoms with Gasteiger partial charge in [0, 0.05) is 18.5 Å². The molecule has 5 rings (SSSR count). The van der Waals surface area contributed by atoms with Gasteiger partial charge in [-0.3, -0.25) is 9.36 Å². The van der Waals surface area contributed by atoms with E-state index >= 15 is 0 Å². The summed E-state index contributed by atoms with van der Waals surface area (Å²) in [5.74, 6) is -0.0664. The summed E-state index contributed by atoms with van der Waals surface area (Å²) in [5.41, 5.74) is 4.68. The SMILES string of the molecule is CC1(C)Cc2c(cnn2-c2ccccc2)[C@@H](NC(=O)CCn2c(=O)[nH]c3ccccc32)C1. The Hall–Kier alpha value is -3.61. The van der Waals surface area contributed by atoms with E-state index in [1.807, 2.05) is 65.5 Å². The highest BCUT2D eigenvalue weighted by atomic mass is 16.2. The standard InChI is InChI=1S/C25H27N5O2/c1-25(2)14-20(18-16-26-30(22(18)15-25)17-8-4-3-5-9-17)27-23(31)12-13-29-21-11-7-6-10-19(21)28-24(29)32/h3-11,16,20H,12-15H2,1-2H3,(H,27,31)(H,28,32)/t20-/m0/s1. The first-order chi connectivity index (χ1) is 15.4. The zero-order chi connectivity index (χ0) is 22.3. The van der Waals surface area contributed by atoms with Gasteiger partial charge in [0.05, 0.1) is 34.7 Å². The molecule has 2 heterocycles. The average Bonchev–Trinajstić information content (AvgIpc) is 3.32. The van der Waals surface area contributed by atoms with Crippen molar-refractivity contribution in [2.24, 2.45) is 5.41 Å². The van der Waals surface area contributed by atoms with Gasteiger partial charge in [-0.15, -0.1) is 0 Å². The van der Waals surface area contributed by atoms with E-state index in [1.54, 1.807) is 4.57 Å². The first-order valence-corrected chi connectivity index (χ1v) is 11.0. The number of amides is 1. The zero-order valence-electron chi connectivity index (χ0n) is 18.3. The first-order valence-electron chi connectivity index (χ1n) is 11.0. The monoisotopic (exact) mass is 429 g/mol. The van der Waals surface area contributed by atoms with Gasteiger partial charge in [-0.2, -0.15) is 5.10 Å². The molecular weight excluding hydrogens is 402 g/mol. The van der Waals surface area contributed by atoms with E-state index in [9.17, 15) is 9.59 Å². The first kappa shape index (κ1) is 20.3. The highest BCUT2D eigenvalue weighted by Crippen LogP contribution is 2.41. The number of rotatable bonds is 5. The van der Waals surface area contributed by atoms with Crippen molar-refractivity contribution >= 4 is 16.9 Å². The number of benzene rings is 2. The smallest absolute Gasteiger partial charge is 0.326 e. The van der Waals surface area contributed by atoms with Crippen LogP contribution in [0.4, 0.5) is 0 Å². The summed E-state index contributed by atoms with van der Waals surface area (Å²) < 4.78 is 3.61. The summed E-state index contributed by atoms with van der Waals surface area (Å²) in [6.07, 6.45) is 3.86. The van der Waals surface area contributed by atoms with Gasteiger partial charge >= 0.3 is 5.69 Å². The summed E-state index contributed by atoms with van der Waals surface area (Å²) in [6.45, 7) is 4.78. The van der Waals surface area contributed by atoms with Crippen molar-refractivity contribution in [3.63, 3.8) is 0 Å². The van der Waals surface area contributed by atoms with Gasteiger partial charge in [-0.1, -0.05) is 44.2 Å². The number of imidazole rings is 1. The molecule has 2 aromatic carbocycles. The van der Waals surface area contributed by atoms with Crippen molar-refractivity contribution < 1.29 is 4.79 Å². The Kier molecular flexibility index (Phi) is 4.96. The predicted octanol–water partition coefficient (Wildman–Crippen LogP) is 3.74. The molecule has 0 aliphatic heterocycles. The van der Waals surface area contributed by atoms with Crippen LogP contribution in [0.3, 0.4) is 0 Å². The minimum Gasteiger partial charge on any atom is -0.349 e. The van der Waals surface area contributed by atoms with Gasteiger partial charge < -0.3 is 10.3 Å². The van der Waals surface area contributed by atoms with E-state index < -0.39 is 0 Å². The summed E-state index contributed by atoms with van der Waals surface area (Å²) in [5, 5.41) is 7.85. The van der Waals surface area contributed by atoms with Gasteiger partial charge in [0.15, 0.2) is 0 Å². The Balaban J connectivity index is 1.35. The molecule has 1 atom stereocenters. The van der Waals surface area contributed by atoms with Crippen LogP contribution in [-0.2, 0) is 17.8 Å². The molecule has 1 aliphatic rings. The molecule has 0 fully saturated rings.